The van der Waals surface area contributed by atoms with E-state index in [2.05, 4.69) is 5.32 Å². The van der Waals surface area contributed by atoms with Crippen LogP contribution in [0.5, 0.6) is 17.2 Å². The number of nitriles is 1. The van der Waals surface area contributed by atoms with Gasteiger partial charge in [0.25, 0.3) is 5.91 Å². The predicted octanol–water partition coefficient (Wildman–Crippen LogP) is 4.28. The first-order valence-electron chi connectivity index (χ1n) is 7.37. The number of halogens is 2. The SMILES string of the molecule is COc1ccc(Cl)cc1NC(=O)C(C#N)=Cc1cc2c(cc1Cl)OCO2. The van der Waals surface area contributed by atoms with Crippen molar-refractivity contribution in [3.63, 3.8) is 0 Å². The molecule has 8 heteroatoms. The van der Waals surface area contributed by atoms with Gasteiger partial charge in [-0.05, 0) is 35.9 Å². The summed E-state index contributed by atoms with van der Waals surface area (Å²) in [7, 11) is 1.46. The molecule has 0 atom stereocenters. The lowest BCUT2D eigenvalue weighted by atomic mass is 10.1. The summed E-state index contributed by atoms with van der Waals surface area (Å²) in [4.78, 5) is 12.5. The van der Waals surface area contributed by atoms with Gasteiger partial charge in [-0.3, -0.25) is 4.79 Å². The first-order chi connectivity index (χ1) is 12.5. The fourth-order valence-electron chi connectivity index (χ4n) is 2.32. The first kappa shape index (κ1) is 17.9. The second-order valence-electron chi connectivity index (χ2n) is 5.20. The third kappa shape index (κ3) is 3.69. The first-order valence-corrected chi connectivity index (χ1v) is 8.13. The van der Waals surface area contributed by atoms with Crippen molar-refractivity contribution in [3.8, 4) is 23.3 Å². The Hall–Kier alpha value is -2.88. The molecule has 0 spiro atoms. The highest BCUT2D eigenvalue weighted by Crippen LogP contribution is 2.37. The largest absolute Gasteiger partial charge is 0.495 e. The highest BCUT2D eigenvalue weighted by Gasteiger charge is 2.18. The van der Waals surface area contributed by atoms with Crippen molar-refractivity contribution in [1.29, 1.82) is 5.26 Å². The van der Waals surface area contributed by atoms with Crippen LogP contribution in [-0.2, 0) is 4.79 Å². The molecule has 0 fully saturated rings. The van der Waals surface area contributed by atoms with E-state index in [1.165, 1.54) is 19.3 Å². The normalized spacial score (nSPS) is 12.5. The number of anilines is 1. The summed E-state index contributed by atoms with van der Waals surface area (Å²) < 4.78 is 15.7. The molecule has 132 valence electrons. The van der Waals surface area contributed by atoms with Gasteiger partial charge in [-0.15, -0.1) is 0 Å². The van der Waals surface area contributed by atoms with Gasteiger partial charge in [0.1, 0.15) is 17.4 Å². The molecular weight excluding hydrogens is 379 g/mol. The monoisotopic (exact) mass is 390 g/mol. The van der Waals surface area contributed by atoms with Crippen molar-refractivity contribution in [2.24, 2.45) is 0 Å². The summed E-state index contributed by atoms with van der Waals surface area (Å²) >= 11 is 12.1. The molecule has 1 N–H and O–H groups in total. The minimum absolute atomic E-state index is 0.0962. The third-order valence-corrected chi connectivity index (χ3v) is 4.13. The standard InChI is InChI=1S/C18H12Cl2N2O4/c1-24-15-3-2-12(19)6-14(15)22-18(23)11(8-21)4-10-5-16-17(7-13(10)20)26-9-25-16/h2-7H,9H2,1H3,(H,22,23). The molecule has 6 nitrogen and oxygen atoms in total. The minimum atomic E-state index is -0.623. The van der Waals surface area contributed by atoms with Crippen molar-refractivity contribution in [2.75, 3.05) is 19.2 Å². The number of carbonyl (C=O) groups is 1. The Balaban J connectivity index is 1.90. The molecule has 2 aromatic rings. The molecule has 0 bridgehead atoms. The molecule has 1 aliphatic rings. The fourth-order valence-corrected chi connectivity index (χ4v) is 2.70. The highest BCUT2D eigenvalue weighted by molar-refractivity contribution is 6.32. The molecule has 0 saturated heterocycles. The van der Waals surface area contributed by atoms with Crippen molar-refractivity contribution in [3.05, 3.63) is 51.5 Å². The van der Waals surface area contributed by atoms with Crippen LogP contribution in [0.1, 0.15) is 5.56 Å². The topological polar surface area (TPSA) is 80.6 Å². The number of ether oxygens (including phenoxy) is 3. The zero-order valence-electron chi connectivity index (χ0n) is 13.5. The van der Waals surface area contributed by atoms with Crippen LogP contribution in [0, 0.1) is 11.3 Å². The smallest absolute Gasteiger partial charge is 0.266 e. The van der Waals surface area contributed by atoms with Crippen LogP contribution < -0.4 is 19.5 Å². The van der Waals surface area contributed by atoms with Gasteiger partial charge < -0.3 is 19.5 Å². The van der Waals surface area contributed by atoms with Crippen LogP contribution in [0.4, 0.5) is 5.69 Å². The predicted molar refractivity (Wildman–Crippen MR) is 97.8 cm³/mol. The molecule has 0 unspecified atom stereocenters. The third-order valence-electron chi connectivity index (χ3n) is 3.57. The Morgan fingerprint density at radius 3 is 2.69 bits per heavy atom. The number of benzene rings is 2. The van der Waals surface area contributed by atoms with E-state index in [9.17, 15) is 10.1 Å². The number of rotatable bonds is 4. The van der Waals surface area contributed by atoms with Crippen LogP contribution in [0.2, 0.25) is 10.0 Å². The van der Waals surface area contributed by atoms with E-state index in [1.807, 2.05) is 6.07 Å². The lowest BCUT2D eigenvalue weighted by Crippen LogP contribution is -2.14. The molecule has 0 aliphatic carbocycles. The van der Waals surface area contributed by atoms with E-state index in [-0.39, 0.29) is 12.4 Å². The number of nitrogens with one attached hydrogen (secondary N) is 1. The molecular formula is C18H12Cl2N2O4. The summed E-state index contributed by atoms with van der Waals surface area (Å²) in [5, 5.41) is 12.7. The summed E-state index contributed by atoms with van der Waals surface area (Å²) in [5.74, 6) is 0.802. The molecule has 1 aliphatic heterocycles. The van der Waals surface area contributed by atoms with Crippen molar-refractivity contribution in [1.82, 2.24) is 0 Å². The molecule has 1 heterocycles. The number of hydrogen-bond acceptors (Lipinski definition) is 5. The van der Waals surface area contributed by atoms with Crippen molar-refractivity contribution < 1.29 is 19.0 Å². The zero-order valence-corrected chi connectivity index (χ0v) is 15.0. The van der Waals surface area contributed by atoms with Crippen molar-refractivity contribution in [2.45, 2.75) is 0 Å². The van der Waals surface area contributed by atoms with Crippen molar-refractivity contribution >= 4 is 40.9 Å². The van der Waals surface area contributed by atoms with E-state index in [0.29, 0.717) is 38.5 Å². The fraction of sp³-hybridized carbons (Fsp3) is 0.111. The lowest BCUT2D eigenvalue weighted by molar-refractivity contribution is -0.112. The number of amides is 1. The highest BCUT2D eigenvalue weighted by atomic mass is 35.5. The van der Waals surface area contributed by atoms with E-state index in [4.69, 9.17) is 37.4 Å². The van der Waals surface area contributed by atoms with Crippen LogP contribution >= 0.6 is 23.2 Å². The van der Waals surface area contributed by atoms with Gasteiger partial charge in [-0.25, -0.2) is 0 Å². The maximum Gasteiger partial charge on any atom is 0.266 e. The maximum atomic E-state index is 12.5. The number of carbonyl (C=O) groups excluding carboxylic acids is 1. The zero-order chi connectivity index (χ0) is 18.7. The molecule has 26 heavy (non-hydrogen) atoms. The van der Waals surface area contributed by atoms with E-state index >= 15 is 0 Å². The van der Waals surface area contributed by atoms with Gasteiger partial charge in [-0.1, -0.05) is 23.2 Å². The van der Waals surface area contributed by atoms with Gasteiger partial charge in [0.2, 0.25) is 6.79 Å². The second kappa shape index (κ2) is 7.56. The molecule has 1 amide bonds. The summed E-state index contributed by atoms with van der Waals surface area (Å²) in [5.41, 5.74) is 0.663. The quantitative estimate of drug-likeness (QED) is 0.622. The Bertz CT molecular complexity index is 951. The van der Waals surface area contributed by atoms with E-state index in [1.54, 1.807) is 24.3 Å². The molecule has 0 aromatic heterocycles. The summed E-state index contributed by atoms with van der Waals surface area (Å²) in [6, 6.07) is 9.81. The number of hydrogen-bond donors (Lipinski definition) is 1. The lowest BCUT2D eigenvalue weighted by Gasteiger charge is -2.10. The molecule has 2 aromatic carbocycles. The Morgan fingerprint density at radius 2 is 2.00 bits per heavy atom. The minimum Gasteiger partial charge on any atom is -0.495 e. The van der Waals surface area contributed by atoms with Crippen LogP contribution in [0.25, 0.3) is 6.08 Å². The summed E-state index contributed by atoms with van der Waals surface area (Å²) in [6.45, 7) is 0.0962. The van der Waals surface area contributed by atoms with Gasteiger partial charge in [0.15, 0.2) is 11.5 Å². The van der Waals surface area contributed by atoms with Crippen LogP contribution in [0.15, 0.2) is 35.9 Å². The van der Waals surface area contributed by atoms with E-state index < -0.39 is 5.91 Å². The second-order valence-corrected chi connectivity index (χ2v) is 6.04. The summed E-state index contributed by atoms with van der Waals surface area (Å²) in [6.07, 6.45) is 1.37. The Kier molecular flexibility index (Phi) is 5.21. The Labute approximate surface area is 159 Å². The van der Waals surface area contributed by atoms with Crippen LogP contribution in [0.3, 0.4) is 0 Å². The van der Waals surface area contributed by atoms with Crippen LogP contribution in [-0.4, -0.2) is 19.8 Å². The van der Waals surface area contributed by atoms with Gasteiger partial charge >= 0.3 is 0 Å². The van der Waals surface area contributed by atoms with Gasteiger partial charge in [0, 0.05) is 11.1 Å². The van der Waals surface area contributed by atoms with Gasteiger partial charge in [-0.2, -0.15) is 5.26 Å². The maximum absolute atomic E-state index is 12.5. The molecule has 0 saturated carbocycles. The number of methoxy groups -OCH3 is 1. The van der Waals surface area contributed by atoms with Gasteiger partial charge in [0.05, 0.1) is 17.8 Å². The molecule has 3 rings (SSSR count). The van der Waals surface area contributed by atoms with E-state index in [0.717, 1.165) is 0 Å². The average Bonchev–Trinajstić information content (AvgIpc) is 3.06. The Morgan fingerprint density at radius 1 is 1.27 bits per heavy atom. The average molecular weight is 391 g/mol. The number of nitrogens with zero attached hydrogens (tertiary/aromatic N) is 1. The number of fused-ring (bicyclic) bond motifs is 1. The molecule has 0 radical (unpaired) electrons.